The maximum Gasteiger partial charge on any atom is 0.213 e. The van der Waals surface area contributed by atoms with Crippen molar-refractivity contribution in [3.63, 3.8) is 0 Å². The highest BCUT2D eigenvalue weighted by molar-refractivity contribution is 5.71. The summed E-state index contributed by atoms with van der Waals surface area (Å²) in [5.74, 6) is 0. The highest BCUT2D eigenvalue weighted by Crippen LogP contribution is 2.31. The van der Waals surface area contributed by atoms with Gasteiger partial charge in [-0.25, -0.2) is 4.57 Å². The molecule has 128 valence electrons. The second kappa shape index (κ2) is 6.48. The molecule has 0 saturated heterocycles. The quantitative estimate of drug-likeness (QED) is 0.523. The second-order valence-electron chi connectivity index (χ2n) is 6.61. The molecule has 0 fully saturated rings. The fraction of sp³-hybridized carbons (Fsp3) is 0.292. The number of nitrogens with zero attached hydrogens (tertiary/aromatic N) is 1. The summed E-state index contributed by atoms with van der Waals surface area (Å²) in [5, 5.41) is 0. The number of hydrogen-bond acceptors (Lipinski definition) is 0. The van der Waals surface area contributed by atoms with E-state index in [1.165, 1.54) is 12.1 Å². The average Bonchev–Trinajstić information content (AvgIpc) is 2.71. The molecule has 0 N–H and O–H groups in total. The number of pyridine rings is 1. The summed E-state index contributed by atoms with van der Waals surface area (Å²) < 4.78 is 73.9. The van der Waals surface area contributed by atoms with E-state index in [2.05, 4.69) is 0 Å². The summed E-state index contributed by atoms with van der Waals surface area (Å²) in [7, 11) is 1.92. The Balaban J connectivity index is 2.27. The van der Waals surface area contributed by atoms with Crippen LogP contribution in [0.3, 0.4) is 0 Å². The van der Waals surface area contributed by atoms with E-state index >= 15 is 0 Å². The Morgan fingerprint density at radius 2 is 1.68 bits per heavy atom. The Morgan fingerprint density at radius 3 is 2.40 bits per heavy atom. The second-order valence-corrected chi connectivity index (χ2v) is 6.61. The van der Waals surface area contributed by atoms with Crippen molar-refractivity contribution >= 4 is 0 Å². The zero-order valence-electron chi connectivity index (χ0n) is 23.7. The van der Waals surface area contributed by atoms with Crippen molar-refractivity contribution in [1.29, 1.82) is 0 Å². The Kier molecular flexibility index (Phi) is 2.42. The van der Waals surface area contributed by atoms with Crippen LogP contribution in [0.15, 0.2) is 60.8 Å². The molecule has 25 heavy (non-hydrogen) atoms. The van der Waals surface area contributed by atoms with Crippen molar-refractivity contribution < 1.29 is 16.9 Å². The maximum absolute atomic E-state index is 8.06. The summed E-state index contributed by atoms with van der Waals surface area (Å²) in [5.41, 5.74) is 1.49. The standard InChI is InChI=1S/C24H28N/c1-17-9-7-8-10-21(17)23-16-20(13-14-25(23)6)19-11-12-22(18(2)15-19)24(3,4)5/h7-16H,1-6H3/q+1/i2D3,3D3,4D3. The molecule has 0 aliphatic rings. The van der Waals surface area contributed by atoms with E-state index in [9.17, 15) is 0 Å². The molecule has 0 spiro atoms. The number of aromatic nitrogens is 1. The fourth-order valence-corrected chi connectivity index (χ4v) is 3.04. The first-order valence-corrected chi connectivity index (χ1v) is 8.19. The van der Waals surface area contributed by atoms with Gasteiger partial charge in [-0.2, -0.15) is 0 Å². The molecule has 0 aliphatic heterocycles. The molecule has 0 aliphatic carbocycles. The van der Waals surface area contributed by atoms with Crippen LogP contribution in [0.4, 0.5) is 0 Å². The molecule has 1 heterocycles. The summed E-state index contributed by atoms with van der Waals surface area (Å²) in [6, 6.07) is 16.0. The lowest BCUT2D eigenvalue weighted by Gasteiger charge is -2.22. The van der Waals surface area contributed by atoms with E-state index in [1.807, 2.05) is 61.1 Å². The molecule has 0 saturated carbocycles. The van der Waals surface area contributed by atoms with E-state index in [4.69, 9.17) is 12.3 Å². The SMILES string of the molecule is [2H]C([2H])([2H])c1cc(-c2cc[n+](C)c(-c3ccccc3C)c2)ccc1C(C)(C([2H])([2H])[2H])C([2H])([2H])[2H]. The van der Waals surface area contributed by atoms with Crippen molar-refractivity contribution in [2.45, 2.75) is 39.8 Å². The van der Waals surface area contributed by atoms with Gasteiger partial charge in [0.25, 0.3) is 0 Å². The van der Waals surface area contributed by atoms with Gasteiger partial charge in [0.1, 0.15) is 7.05 Å². The van der Waals surface area contributed by atoms with E-state index in [-0.39, 0.29) is 11.1 Å². The minimum atomic E-state index is -2.95. The van der Waals surface area contributed by atoms with Crippen LogP contribution >= 0.6 is 0 Å². The van der Waals surface area contributed by atoms with E-state index < -0.39 is 26.0 Å². The van der Waals surface area contributed by atoms with Gasteiger partial charge in [-0.1, -0.05) is 57.0 Å². The van der Waals surface area contributed by atoms with E-state index in [0.717, 1.165) is 29.3 Å². The van der Waals surface area contributed by atoms with Gasteiger partial charge in [-0.05, 0) is 53.1 Å². The monoisotopic (exact) mass is 339 g/mol. The summed E-state index contributed by atoms with van der Waals surface area (Å²) in [6.07, 6.45) is 1.87. The number of hydrogen-bond donors (Lipinski definition) is 0. The zero-order valence-corrected chi connectivity index (χ0v) is 14.7. The van der Waals surface area contributed by atoms with E-state index in [0.29, 0.717) is 5.56 Å². The van der Waals surface area contributed by atoms with Gasteiger partial charge in [-0.15, -0.1) is 0 Å². The highest BCUT2D eigenvalue weighted by atomic mass is 14.9. The Hall–Kier alpha value is -2.41. The molecule has 0 atom stereocenters. The predicted molar refractivity (Wildman–Crippen MR) is 107 cm³/mol. The van der Waals surface area contributed by atoms with Crippen LogP contribution in [0.2, 0.25) is 0 Å². The van der Waals surface area contributed by atoms with Crippen LogP contribution in [0.5, 0.6) is 0 Å². The lowest BCUT2D eigenvalue weighted by atomic mass is 9.83. The smallest absolute Gasteiger partial charge is 0.201 e. The maximum atomic E-state index is 8.06. The number of rotatable bonds is 2. The minimum absolute atomic E-state index is 0.211. The highest BCUT2D eigenvalue weighted by Gasteiger charge is 2.18. The van der Waals surface area contributed by atoms with Crippen LogP contribution in [-0.2, 0) is 12.5 Å². The first-order valence-electron chi connectivity index (χ1n) is 12.7. The minimum Gasteiger partial charge on any atom is -0.201 e. The molecule has 1 aromatic heterocycles. The Morgan fingerprint density at radius 1 is 0.920 bits per heavy atom. The molecular weight excluding hydrogens is 302 g/mol. The molecule has 2 aromatic carbocycles. The molecule has 3 aromatic rings. The third-order valence-corrected chi connectivity index (χ3v) is 4.46. The Bertz CT molecular complexity index is 1190. The third-order valence-electron chi connectivity index (χ3n) is 4.46. The van der Waals surface area contributed by atoms with Crippen molar-refractivity contribution in [3.8, 4) is 22.4 Å². The van der Waals surface area contributed by atoms with Gasteiger partial charge in [-0.3, -0.25) is 0 Å². The first kappa shape index (κ1) is 9.33. The number of aryl methyl sites for hydroxylation is 3. The predicted octanol–water partition coefficient (Wildman–Crippen LogP) is 5.76. The van der Waals surface area contributed by atoms with Gasteiger partial charge in [0.15, 0.2) is 6.20 Å². The molecule has 0 bridgehead atoms. The molecule has 1 heteroatoms. The van der Waals surface area contributed by atoms with Gasteiger partial charge < -0.3 is 0 Å². The van der Waals surface area contributed by atoms with Crippen LogP contribution in [0.1, 0.15) is 49.7 Å². The third kappa shape index (κ3) is 3.51. The van der Waals surface area contributed by atoms with E-state index in [1.54, 1.807) is 6.07 Å². The normalized spacial score (nSPS) is 18.4. The van der Waals surface area contributed by atoms with Crippen molar-refractivity contribution in [2.75, 3.05) is 0 Å². The summed E-state index contributed by atoms with van der Waals surface area (Å²) in [4.78, 5) is 0. The molecule has 3 rings (SSSR count). The lowest BCUT2D eigenvalue weighted by Crippen LogP contribution is -2.30. The van der Waals surface area contributed by atoms with Crippen LogP contribution < -0.4 is 4.57 Å². The summed E-state index contributed by atoms with van der Waals surface area (Å²) >= 11 is 0. The van der Waals surface area contributed by atoms with Gasteiger partial charge in [0.2, 0.25) is 5.69 Å². The molecule has 0 amide bonds. The van der Waals surface area contributed by atoms with Gasteiger partial charge in [0, 0.05) is 30.0 Å². The molecule has 0 radical (unpaired) electrons. The van der Waals surface area contributed by atoms with Crippen LogP contribution in [0.25, 0.3) is 22.4 Å². The molecule has 1 nitrogen and oxygen atoms in total. The largest absolute Gasteiger partial charge is 0.213 e. The topological polar surface area (TPSA) is 3.88 Å². The van der Waals surface area contributed by atoms with Crippen molar-refractivity contribution in [2.24, 2.45) is 7.05 Å². The summed E-state index contributed by atoms with van der Waals surface area (Å²) in [6.45, 7) is -5.50. The van der Waals surface area contributed by atoms with Crippen LogP contribution in [0, 0.1) is 13.8 Å². The molecule has 0 unspecified atom stereocenters. The average molecular weight is 340 g/mol. The van der Waals surface area contributed by atoms with Crippen molar-refractivity contribution in [3.05, 3.63) is 77.5 Å². The van der Waals surface area contributed by atoms with Gasteiger partial charge in [0.05, 0.1) is 0 Å². The number of benzene rings is 2. The first-order chi connectivity index (χ1) is 15.5. The van der Waals surface area contributed by atoms with Gasteiger partial charge >= 0.3 is 0 Å². The lowest BCUT2D eigenvalue weighted by molar-refractivity contribution is -0.660. The van der Waals surface area contributed by atoms with Crippen LogP contribution in [-0.4, -0.2) is 0 Å². The Labute approximate surface area is 164 Å². The molecular formula is C24H28N+. The zero-order chi connectivity index (χ0) is 25.7. The fourth-order valence-electron chi connectivity index (χ4n) is 3.04. The van der Waals surface area contributed by atoms with Crippen molar-refractivity contribution in [1.82, 2.24) is 0 Å².